The number of hydrogen-bond donors (Lipinski definition) is 0. The van der Waals surface area contributed by atoms with Gasteiger partial charge in [-0.05, 0) is 23.6 Å². The van der Waals surface area contributed by atoms with Crippen molar-refractivity contribution in [3.63, 3.8) is 0 Å². The summed E-state index contributed by atoms with van der Waals surface area (Å²) in [5, 5.41) is 0. The number of carbonyl (C=O) groups is 1. The molecule has 5 heteroatoms. The number of carbonyl (C=O) groups excluding carboxylic acids is 1. The number of ether oxygens (including phenoxy) is 2. The first-order chi connectivity index (χ1) is 11.9. The average molecular weight is 340 g/mol. The summed E-state index contributed by atoms with van der Waals surface area (Å²) in [6, 6.07) is 11.5. The summed E-state index contributed by atoms with van der Waals surface area (Å²) in [6.07, 6.45) is 2.23. The minimum atomic E-state index is -0.0717. The lowest BCUT2D eigenvalue weighted by molar-refractivity contribution is -0.134. The van der Waals surface area contributed by atoms with Crippen LogP contribution in [0.1, 0.15) is 38.4 Å². The van der Waals surface area contributed by atoms with Crippen LogP contribution in [0.3, 0.4) is 0 Å². The molecule has 0 saturated carbocycles. The van der Waals surface area contributed by atoms with Crippen molar-refractivity contribution in [1.29, 1.82) is 0 Å². The summed E-state index contributed by atoms with van der Waals surface area (Å²) in [5.74, 6) is 1.57. The zero-order valence-electron chi connectivity index (χ0n) is 15.0. The van der Waals surface area contributed by atoms with Gasteiger partial charge in [0, 0.05) is 24.7 Å². The van der Waals surface area contributed by atoms with Gasteiger partial charge < -0.3 is 14.4 Å². The molecule has 0 radical (unpaired) electrons. The molecule has 25 heavy (non-hydrogen) atoms. The molecule has 0 N–H and O–H groups in total. The van der Waals surface area contributed by atoms with Crippen molar-refractivity contribution in [2.75, 3.05) is 6.79 Å². The van der Waals surface area contributed by atoms with Gasteiger partial charge in [0.15, 0.2) is 11.5 Å². The fraction of sp³-hybridized carbons (Fsp3) is 0.400. The predicted octanol–water partition coefficient (Wildman–Crippen LogP) is 3.78. The summed E-state index contributed by atoms with van der Waals surface area (Å²) < 4.78 is 11.0. The lowest BCUT2D eigenvalue weighted by Gasteiger charge is -2.27. The van der Waals surface area contributed by atoms with Crippen LogP contribution in [0.4, 0.5) is 0 Å². The highest BCUT2D eigenvalue weighted by atomic mass is 16.7. The van der Waals surface area contributed by atoms with Gasteiger partial charge in [0.2, 0.25) is 12.7 Å². The molecule has 3 rings (SSSR count). The molecule has 1 aliphatic rings. The summed E-state index contributed by atoms with van der Waals surface area (Å²) in [5.41, 5.74) is 1.75. The predicted molar refractivity (Wildman–Crippen MR) is 95.1 cm³/mol. The van der Waals surface area contributed by atoms with Crippen molar-refractivity contribution in [3.05, 3.63) is 53.9 Å². The van der Waals surface area contributed by atoms with E-state index in [0.29, 0.717) is 19.5 Å². The van der Waals surface area contributed by atoms with Crippen molar-refractivity contribution >= 4 is 5.91 Å². The monoisotopic (exact) mass is 340 g/mol. The second-order valence-corrected chi connectivity index (χ2v) is 7.46. The Bertz CT molecular complexity index is 738. The van der Waals surface area contributed by atoms with Crippen LogP contribution < -0.4 is 9.47 Å². The maximum absolute atomic E-state index is 12.9. The minimum Gasteiger partial charge on any atom is -0.454 e. The highest BCUT2D eigenvalue weighted by Gasteiger charge is 2.25. The first kappa shape index (κ1) is 17.3. The third kappa shape index (κ3) is 4.50. The van der Waals surface area contributed by atoms with Gasteiger partial charge in [0.05, 0.1) is 12.2 Å². The van der Waals surface area contributed by atoms with Gasteiger partial charge in [-0.3, -0.25) is 9.78 Å². The van der Waals surface area contributed by atoms with Gasteiger partial charge in [-0.2, -0.15) is 0 Å². The van der Waals surface area contributed by atoms with Crippen LogP contribution in [-0.4, -0.2) is 22.6 Å². The number of hydrogen-bond acceptors (Lipinski definition) is 4. The van der Waals surface area contributed by atoms with Crippen LogP contribution in [0.5, 0.6) is 11.5 Å². The van der Waals surface area contributed by atoms with E-state index in [4.69, 9.17) is 9.47 Å². The van der Waals surface area contributed by atoms with Crippen molar-refractivity contribution in [2.45, 2.75) is 40.3 Å². The molecule has 0 unspecified atom stereocenters. The lowest BCUT2D eigenvalue weighted by atomic mass is 9.91. The largest absolute Gasteiger partial charge is 0.454 e. The van der Waals surface area contributed by atoms with E-state index in [1.54, 1.807) is 6.20 Å². The Kier molecular flexibility index (Phi) is 4.93. The first-order valence-corrected chi connectivity index (χ1v) is 8.47. The van der Waals surface area contributed by atoms with Gasteiger partial charge >= 0.3 is 0 Å². The van der Waals surface area contributed by atoms with Crippen LogP contribution in [0.2, 0.25) is 0 Å². The lowest BCUT2D eigenvalue weighted by Crippen LogP contribution is -2.33. The highest BCUT2D eigenvalue weighted by molar-refractivity contribution is 5.77. The van der Waals surface area contributed by atoms with Crippen molar-refractivity contribution < 1.29 is 14.3 Å². The van der Waals surface area contributed by atoms with Crippen molar-refractivity contribution in [3.8, 4) is 11.5 Å². The van der Waals surface area contributed by atoms with E-state index < -0.39 is 0 Å². The molecule has 0 spiro atoms. The minimum absolute atomic E-state index is 0.0717. The van der Waals surface area contributed by atoms with E-state index in [0.717, 1.165) is 22.8 Å². The topological polar surface area (TPSA) is 51.7 Å². The normalized spacial score (nSPS) is 12.9. The summed E-state index contributed by atoms with van der Waals surface area (Å²) in [6.45, 7) is 7.38. The molecular weight excluding hydrogens is 316 g/mol. The second-order valence-electron chi connectivity index (χ2n) is 7.46. The third-order valence-corrected chi connectivity index (χ3v) is 3.95. The maximum Gasteiger partial charge on any atom is 0.231 e. The van der Waals surface area contributed by atoms with E-state index in [9.17, 15) is 4.79 Å². The number of benzene rings is 1. The average Bonchev–Trinajstić information content (AvgIpc) is 3.03. The highest BCUT2D eigenvalue weighted by Crippen LogP contribution is 2.36. The van der Waals surface area contributed by atoms with Gasteiger partial charge in [-0.15, -0.1) is 0 Å². The zero-order chi connectivity index (χ0) is 17.9. The van der Waals surface area contributed by atoms with E-state index in [1.165, 1.54) is 0 Å². The Balaban J connectivity index is 1.83. The molecule has 0 bridgehead atoms. The van der Waals surface area contributed by atoms with Crippen LogP contribution in [-0.2, 0) is 17.9 Å². The zero-order valence-corrected chi connectivity index (χ0v) is 15.0. The van der Waals surface area contributed by atoms with Crippen LogP contribution >= 0.6 is 0 Å². The number of aromatic nitrogens is 1. The van der Waals surface area contributed by atoms with Gasteiger partial charge in [0.25, 0.3) is 0 Å². The molecule has 1 aliphatic heterocycles. The number of pyridine rings is 1. The molecule has 1 amide bonds. The van der Waals surface area contributed by atoms with Crippen LogP contribution in [0, 0.1) is 5.41 Å². The van der Waals surface area contributed by atoms with E-state index >= 15 is 0 Å². The van der Waals surface area contributed by atoms with Gasteiger partial charge in [-0.25, -0.2) is 0 Å². The molecule has 2 aromatic rings. The molecule has 5 nitrogen and oxygen atoms in total. The number of nitrogens with zero attached hydrogens (tertiary/aromatic N) is 2. The van der Waals surface area contributed by atoms with E-state index in [1.807, 2.05) is 41.3 Å². The molecular formula is C20H24N2O3. The summed E-state index contributed by atoms with van der Waals surface area (Å²) >= 11 is 0. The number of rotatable bonds is 5. The van der Waals surface area contributed by atoms with Crippen LogP contribution in [0.15, 0.2) is 42.6 Å². The van der Waals surface area contributed by atoms with Crippen LogP contribution in [0.25, 0.3) is 0 Å². The maximum atomic E-state index is 12.9. The molecule has 0 saturated heterocycles. The third-order valence-electron chi connectivity index (χ3n) is 3.95. The smallest absolute Gasteiger partial charge is 0.231 e. The SMILES string of the molecule is CC(C)(C)CC(=O)N(Cc1ccccn1)Cc1cccc2c1OCO2. The molecule has 132 valence electrons. The Hall–Kier alpha value is -2.56. The Labute approximate surface area is 148 Å². The Morgan fingerprint density at radius 3 is 2.68 bits per heavy atom. The molecule has 1 aromatic carbocycles. The first-order valence-electron chi connectivity index (χ1n) is 8.47. The second kappa shape index (κ2) is 7.13. The number of fused-ring (bicyclic) bond motifs is 1. The van der Waals surface area contributed by atoms with Crippen molar-refractivity contribution in [2.24, 2.45) is 5.41 Å². The Morgan fingerprint density at radius 1 is 1.12 bits per heavy atom. The molecule has 0 atom stereocenters. The summed E-state index contributed by atoms with van der Waals surface area (Å²) in [7, 11) is 0. The molecule has 1 aromatic heterocycles. The molecule has 0 aliphatic carbocycles. The quantitative estimate of drug-likeness (QED) is 0.831. The summed E-state index contributed by atoms with van der Waals surface area (Å²) in [4.78, 5) is 19.1. The number of para-hydroxylation sites is 1. The van der Waals surface area contributed by atoms with E-state index in [-0.39, 0.29) is 18.1 Å². The fourth-order valence-corrected chi connectivity index (χ4v) is 2.81. The van der Waals surface area contributed by atoms with E-state index in [2.05, 4.69) is 25.8 Å². The standard InChI is InChI=1S/C20H24N2O3/c1-20(2,3)11-18(23)22(13-16-8-4-5-10-21-16)12-15-7-6-9-17-19(15)25-14-24-17/h4-10H,11-14H2,1-3H3. The van der Waals surface area contributed by atoms with Crippen molar-refractivity contribution in [1.82, 2.24) is 9.88 Å². The number of amides is 1. The van der Waals surface area contributed by atoms with Gasteiger partial charge in [-0.1, -0.05) is 39.0 Å². The fourth-order valence-electron chi connectivity index (χ4n) is 2.81. The Morgan fingerprint density at radius 2 is 1.96 bits per heavy atom. The van der Waals surface area contributed by atoms with Gasteiger partial charge in [0.1, 0.15) is 0 Å². The molecule has 2 heterocycles. The molecule has 0 fully saturated rings.